The van der Waals surface area contributed by atoms with E-state index >= 15 is 0 Å². The van der Waals surface area contributed by atoms with Gasteiger partial charge in [0, 0.05) is 29.8 Å². The number of nitrogens with zero attached hydrogens (tertiary/aromatic N) is 2. The Kier molecular flexibility index (Phi) is 8.50. The van der Waals surface area contributed by atoms with Gasteiger partial charge in [-0.1, -0.05) is 43.3 Å². The molecule has 0 spiro atoms. The van der Waals surface area contributed by atoms with Crippen molar-refractivity contribution in [1.29, 1.82) is 0 Å². The number of benzene rings is 2. The van der Waals surface area contributed by atoms with Crippen molar-refractivity contribution in [3.63, 3.8) is 0 Å². The summed E-state index contributed by atoms with van der Waals surface area (Å²) in [7, 11) is 0. The number of piperidine rings is 1. The van der Waals surface area contributed by atoms with Crippen molar-refractivity contribution in [2.45, 2.75) is 57.4 Å². The van der Waals surface area contributed by atoms with Crippen molar-refractivity contribution < 1.29 is 14.7 Å². The van der Waals surface area contributed by atoms with Crippen LogP contribution in [0.1, 0.15) is 78.1 Å². The molecule has 4 rings (SSSR count). The van der Waals surface area contributed by atoms with Crippen LogP contribution in [0, 0.1) is 5.92 Å². The number of carbonyl (C=O) groups excluding carboxylic acids is 1. The van der Waals surface area contributed by atoms with E-state index in [4.69, 9.17) is 5.73 Å². The summed E-state index contributed by atoms with van der Waals surface area (Å²) in [6, 6.07) is 13.2. The van der Waals surface area contributed by atoms with Gasteiger partial charge in [-0.25, -0.2) is 0 Å². The number of halogens is 1. The van der Waals surface area contributed by atoms with Gasteiger partial charge in [0.15, 0.2) is 5.78 Å². The van der Waals surface area contributed by atoms with Crippen molar-refractivity contribution in [3.8, 4) is 0 Å². The van der Waals surface area contributed by atoms with Crippen LogP contribution in [0.2, 0.25) is 0 Å². The summed E-state index contributed by atoms with van der Waals surface area (Å²) in [5.41, 5.74) is 10.2. The first kappa shape index (κ1) is 25.9. The lowest BCUT2D eigenvalue weighted by Crippen LogP contribution is -2.47. The lowest BCUT2D eigenvalue weighted by Gasteiger charge is -2.42. The summed E-state index contributed by atoms with van der Waals surface area (Å²) < 4.78 is 0. The van der Waals surface area contributed by atoms with Crippen LogP contribution in [0.4, 0.5) is 0 Å². The van der Waals surface area contributed by atoms with Crippen molar-refractivity contribution in [1.82, 2.24) is 5.01 Å². The fourth-order valence-corrected chi connectivity index (χ4v) is 5.18. The second kappa shape index (κ2) is 11.2. The molecule has 1 saturated heterocycles. The highest BCUT2D eigenvalue weighted by molar-refractivity contribution is 6.09. The first-order valence-electron chi connectivity index (χ1n) is 12.0. The number of rotatable bonds is 7. The van der Waals surface area contributed by atoms with Crippen molar-refractivity contribution >= 4 is 30.4 Å². The quantitative estimate of drug-likeness (QED) is 0.437. The Morgan fingerprint density at radius 2 is 1.79 bits per heavy atom. The highest BCUT2D eigenvalue weighted by Crippen LogP contribution is 2.42. The first-order chi connectivity index (χ1) is 15.9. The highest BCUT2D eigenvalue weighted by atomic mass is 35.5. The molecule has 2 aromatic rings. The van der Waals surface area contributed by atoms with E-state index in [1.165, 1.54) is 19.3 Å². The number of hydrogen-bond acceptors (Lipinski definition) is 5. The maximum Gasteiger partial charge on any atom is 0.303 e. The van der Waals surface area contributed by atoms with Gasteiger partial charge in [-0.05, 0) is 67.2 Å². The maximum absolute atomic E-state index is 13.2. The molecule has 3 N–H and O–H groups in total. The largest absolute Gasteiger partial charge is 0.481 e. The summed E-state index contributed by atoms with van der Waals surface area (Å²) in [6.45, 7) is 3.99. The van der Waals surface area contributed by atoms with Crippen LogP contribution < -0.4 is 5.73 Å². The average Bonchev–Trinajstić information content (AvgIpc) is 2.84. The minimum atomic E-state index is -0.831. The molecule has 182 valence electrons. The molecule has 0 amide bonds. The van der Waals surface area contributed by atoms with E-state index in [1.807, 2.05) is 55.6 Å². The Labute approximate surface area is 207 Å². The van der Waals surface area contributed by atoms with E-state index in [0.717, 1.165) is 42.6 Å². The number of carboxylic acid groups (broad SMARTS) is 1. The smallest absolute Gasteiger partial charge is 0.303 e. The molecule has 0 radical (unpaired) electrons. The molecule has 7 heteroatoms. The molecule has 0 aromatic heterocycles. The summed E-state index contributed by atoms with van der Waals surface area (Å²) in [5.74, 6) is -1.03. The van der Waals surface area contributed by atoms with E-state index in [-0.39, 0.29) is 30.5 Å². The van der Waals surface area contributed by atoms with Gasteiger partial charge < -0.3 is 10.8 Å². The van der Waals surface area contributed by atoms with Crippen LogP contribution in [0.3, 0.4) is 0 Å². The molecule has 0 saturated carbocycles. The van der Waals surface area contributed by atoms with Gasteiger partial charge in [0.05, 0.1) is 12.6 Å². The minimum absolute atomic E-state index is 0. The molecular weight excluding hydrogens is 450 g/mol. The number of aryl methyl sites for hydroxylation is 1. The third-order valence-electron chi connectivity index (χ3n) is 7.25. The number of aliphatic carboxylic acids is 1. The Hall–Kier alpha value is -2.70. The molecule has 1 heterocycles. The average molecular weight is 484 g/mol. The number of ketones is 1. The van der Waals surface area contributed by atoms with Gasteiger partial charge in [-0.2, -0.15) is 5.10 Å². The molecule has 2 atom stereocenters. The molecule has 2 aliphatic rings. The normalized spacial score (nSPS) is 22.2. The Balaban J connectivity index is 0.00000324. The van der Waals surface area contributed by atoms with Crippen LogP contribution in [0.25, 0.3) is 0 Å². The summed E-state index contributed by atoms with van der Waals surface area (Å²) >= 11 is 0. The SMILES string of the molecule is CCC1(N)c2cc(C(=O)c3ccc(C=NN4CCCCC4)cc3)ccc2CCC1CC(=O)O.Cl. The molecule has 1 aliphatic carbocycles. The molecule has 1 fully saturated rings. The first-order valence-corrected chi connectivity index (χ1v) is 12.0. The number of fused-ring (bicyclic) bond motifs is 1. The van der Waals surface area contributed by atoms with E-state index in [9.17, 15) is 14.7 Å². The molecule has 34 heavy (non-hydrogen) atoms. The van der Waals surface area contributed by atoms with Crippen LogP contribution in [-0.4, -0.2) is 41.2 Å². The lowest BCUT2D eigenvalue weighted by atomic mass is 9.66. The molecule has 0 bridgehead atoms. The van der Waals surface area contributed by atoms with E-state index < -0.39 is 11.5 Å². The third kappa shape index (κ3) is 5.50. The van der Waals surface area contributed by atoms with Gasteiger partial charge in [0.25, 0.3) is 0 Å². The van der Waals surface area contributed by atoms with Gasteiger partial charge in [-0.15, -0.1) is 12.4 Å². The lowest BCUT2D eigenvalue weighted by molar-refractivity contribution is -0.139. The predicted molar refractivity (Wildman–Crippen MR) is 137 cm³/mol. The number of carbonyl (C=O) groups is 2. The molecule has 6 nitrogen and oxygen atoms in total. The van der Waals surface area contributed by atoms with Crippen LogP contribution >= 0.6 is 12.4 Å². The Morgan fingerprint density at radius 3 is 2.44 bits per heavy atom. The monoisotopic (exact) mass is 483 g/mol. The third-order valence-corrected chi connectivity index (χ3v) is 7.25. The van der Waals surface area contributed by atoms with Crippen molar-refractivity contribution in [2.24, 2.45) is 16.8 Å². The van der Waals surface area contributed by atoms with Gasteiger partial charge in [0.2, 0.25) is 0 Å². The molecule has 2 unspecified atom stereocenters. The summed E-state index contributed by atoms with van der Waals surface area (Å²) in [6.07, 6.45) is 7.70. The van der Waals surface area contributed by atoms with E-state index in [2.05, 4.69) is 10.1 Å². The molecule has 2 aromatic carbocycles. The van der Waals surface area contributed by atoms with Gasteiger partial charge >= 0.3 is 5.97 Å². The van der Waals surface area contributed by atoms with Crippen LogP contribution in [0.15, 0.2) is 47.6 Å². The van der Waals surface area contributed by atoms with E-state index in [1.54, 1.807) is 0 Å². The van der Waals surface area contributed by atoms with Gasteiger partial charge in [-0.3, -0.25) is 14.6 Å². The highest BCUT2D eigenvalue weighted by Gasteiger charge is 2.41. The second-order valence-corrected chi connectivity index (χ2v) is 9.31. The Morgan fingerprint density at radius 1 is 1.12 bits per heavy atom. The summed E-state index contributed by atoms with van der Waals surface area (Å²) in [5, 5.41) is 16.0. The zero-order valence-electron chi connectivity index (χ0n) is 19.7. The van der Waals surface area contributed by atoms with Crippen molar-refractivity contribution in [2.75, 3.05) is 13.1 Å². The fraction of sp³-hybridized carbons (Fsp3) is 0.444. The minimum Gasteiger partial charge on any atom is -0.481 e. The standard InChI is InChI=1S/C27H33N3O3.ClH/c1-2-27(28)23(17-25(31)32)13-12-20-10-11-22(16-24(20)27)26(33)21-8-6-19(7-9-21)18-29-30-14-4-3-5-15-30;/h6-11,16,18,23H,2-5,12-15,17,28H2,1H3,(H,31,32);1H. The van der Waals surface area contributed by atoms with E-state index in [0.29, 0.717) is 17.5 Å². The predicted octanol–water partition coefficient (Wildman–Crippen LogP) is 4.76. The van der Waals surface area contributed by atoms with Crippen molar-refractivity contribution in [3.05, 3.63) is 70.3 Å². The zero-order chi connectivity index (χ0) is 23.4. The number of nitrogens with two attached hydrogens (primary N) is 1. The fourth-order valence-electron chi connectivity index (χ4n) is 5.18. The Bertz CT molecular complexity index is 1050. The topological polar surface area (TPSA) is 96.0 Å². The molecule has 1 aliphatic heterocycles. The number of hydrazone groups is 1. The maximum atomic E-state index is 13.2. The van der Waals surface area contributed by atoms with Crippen LogP contribution in [-0.2, 0) is 16.8 Å². The molecular formula is C27H34ClN3O3. The zero-order valence-corrected chi connectivity index (χ0v) is 20.5. The van der Waals surface area contributed by atoms with Gasteiger partial charge in [0.1, 0.15) is 0 Å². The second-order valence-electron chi connectivity index (χ2n) is 9.31. The summed E-state index contributed by atoms with van der Waals surface area (Å²) in [4.78, 5) is 24.6. The van der Waals surface area contributed by atoms with Crippen LogP contribution in [0.5, 0.6) is 0 Å². The number of carboxylic acids is 1. The number of hydrogen-bond donors (Lipinski definition) is 2.